The maximum atomic E-state index is 11.8. The van der Waals surface area contributed by atoms with Gasteiger partial charge in [0.1, 0.15) is 0 Å². The van der Waals surface area contributed by atoms with E-state index < -0.39 is 5.97 Å². The molecule has 1 aromatic rings. The molecule has 0 aliphatic heterocycles. The molecule has 0 fully saturated rings. The maximum absolute atomic E-state index is 11.8. The van der Waals surface area contributed by atoms with Gasteiger partial charge >= 0.3 is 5.97 Å². The summed E-state index contributed by atoms with van der Waals surface area (Å²) in [5.74, 6) is -1.23. The number of aromatic carboxylic acids is 1. The lowest BCUT2D eigenvalue weighted by Crippen LogP contribution is -2.34. The molecule has 0 heterocycles. The van der Waals surface area contributed by atoms with Gasteiger partial charge in [0.25, 0.3) is 0 Å². The molecule has 5 nitrogen and oxygen atoms in total. The van der Waals surface area contributed by atoms with Gasteiger partial charge in [-0.1, -0.05) is 25.5 Å². The van der Waals surface area contributed by atoms with Gasteiger partial charge in [0.15, 0.2) is 0 Å². The van der Waals surface area contributed by atoms with Crippen molar-refractivity contribution in [2.24, 2.45) is 11.7 Å². The molecule has 0 aliphatic carbocycles. The van der Waals surface area contributed by atoms with Crippen LogP contribution in [0.4, 0.5) is 0 Å². The van der Waals surface area contributed by atoms with Gasteiger partial charge in [-0.25, -0.2) is 4.79 Å². The Kier molecular flexibility index (Phi) is 6.02. The zero-order valence-electron chi connectivity index (χ0n) is 11.1. The summed E-state index contributed by atoms with van der Waals surface area (Å²) >= 11 is 0. The second kappa shape index (κ2) is 7.53. The number of carbonyl (C=O) groups excluding carboxylic acids is 1. The molecule has 1 rings (SSSR count). The SMILES string of the molecule is CCCC(CN)C(=O)NCc1cccc(C(=O)O)c1. The third-order valence-corrected chi connectivity index (χ3v) is 2.93. The van der Waals surface area contributed by atoms with E-state index in [0.717, 1.165) is 18.4 Å². The minimum absolute atomic E-state index is 0.0786. The second-order valence-corrected chi connectivity index (χ2v) is 4.44. The molecule has 0 saturated carbocycles. The van der Waals surface area contributed by atoms with Crippen molar-refractivity contribution in [1.29, 1.82) is 0 Å². The molecule has 5 heteroatoms. The van der Waals surface area contributed by atoms with E-state index in [-0.39, 0.29) is 17.4 Å². The van der Waals surface area contributed by atoms with Crippen molar-refractivity contribution in [3.05, 3.63) is 35.4 Å². The monoisotopic (exact) mass is 264 g/mol. The van der Waals surface area contributed by atoms with E-state index in [0.29, 0.717) is 13.1 Å². The first kappa shape index (κ1) is 15.2. The van der Waals surface area contributed by atoms with E-state index >= 15 is 0 Å². The van der Waals surface area contributed by atoms with Crippen molar-refractivity contribution in [2.75, 3.05) is 6.54 Å². The number of carbonyl (C=O) groups is 2. The first-order valence-corrected chi connectivity index (χ1v) is 6.38. The van der Waals surface area contributed by atoms with Crippen molar-refractivity contribution < 1.29 is 14.7 Å². The first-order chi connectivity index (χ1) is 9.08. The van der Waals surface area contributed by atoms with Crippen LogP contribution in [0.2, 0.25) is 0 Å². The number of amides is 1. The first-order valence-electron chi connectivity index (χ1n) is 6.38. The lowest BCUT2D eigenvalue weighted by molar-refractivity contribution is -0.125. The number of nitrogens with two attached hydrogens (primary N) is 1. The van der Waals surface area contributed by atoms with Crippen LogP contribution >= 0.6 is 0 Å². The Morgan fingerprint density at radius 2 is 2.16 bits per heavy atom. The molecule has 1 atom stereocenters. The highest BCUT2D eigenvalue weighted by atomic mass is 16.4. The minimum atomic E-state index is -0.973. The molecule has 1 amide bonds. The third-order valence-electron chi connectivity index (χ3n) is 2.93. The summed E-state index contributed by atoms with van der Waals surface area (Å²) in [6.07, 6.45) is 1.67. The molecular formula is C14H20N2O3. The van der Waals surface area contributed by atoms with Crippen molar-refractivity contribution in [3.8, 4) is 0 Å². The summed E-state index contributed by atoms with van der Waals surface area (Å²) in [4.78, 5) is 22.7. The topological polar surface area (TPSA) is 92.4 Å². The molecule has 104 valence electrons. The van der Waals surface area contributed by atoms with E-state index in [9.17, 15) is 9.59 Å². The molecule has 0 spiro atoms. The van der Waals surface area contributed by atoms with Crippen molar-refractivity contribution in [1.82, 2.24) is 5.32 Å². The Morgan fingerprint density at radius 3 is 2.74 bits per heavy atom. The number of carboxylic acids is 1. The molecule has 0 saturated heterocycles. The highest BCUT2D eigenvalue weighted by Crippen LogP contribution is 2.07. The highest BCUT2D eigenvalue weighted by molar-refractivity contribution is 5.87. The Hall–Kier alpha value is -1.88. The Bertz CT molecular complexity index is 446. The second-order valence-electron chi connectivity index (χ2n) is 4.44. The largest absolute Gasteiger partial charge is 0.478 e. The number of rotatable bonds is 7. The van der Waals surface area contributed by atoms with Crippen LogP contribution in [0.15, 0.2) is 24.3 Å². The van der Waals surface area contributed by atoms with E-state index in [1.165, 1.54) is 6.07 Å². The highest BCUT2D eigenvalue weighted by Gasteiger charge is 2.15. The zero-order valence-corrected chi connectivity index (χ0v) is 11.1. The predicted molar refractivity (Wildman–Crippen MR) is 72.7 cm³/mol. The standard InChI is InChI=1S/C14H20N2O3/c1-2-4-12(8-15)13(17)16-9-10-5-3-6-11(7-10)14(18)19/h3,5-7,12H,2,4,8-9,15H2,1H3,(H,16,17)(H,18,19). The van der Waals surface area contributed by atoms with Crippen LogP contribution < -0.4 is 11.1 Å². The lowest BCUT2D eigenvalue weighted by atomic mass is 10.0. The fourth-order valence-electron chi connectivity index (χ4n) is 1.85. The van der Waals surface area contributed by atoms with E-state index in [1.54, 1.807) is 18.2 Å². The summed E-state index contributed by atoms with van der Waals surface area (Å²) < 4.78 is 0. The quantitative estimate of drug-likeness (QED) is 0.693. The van der Waals surface area contributed by atoms with Crippen LogP contribution in [0.5, 0.6) is 0 Å². The molecule has 0 aliphatic rings. The number of hydrogen-bond donors (Lipinski definition) is 3. The van der Waals surface area contributed by atoms with Gasteiger partial charge in [-0.3, -0.25) is 4.79 Å². The number of nitrogens with one attached hydrogen (secondary N) is 1. The molecule has 4 N–H and O–H groups in total. The molecular weight excluding hydrogens is 244 g/mol. The summed E-state index contributed by atoms with van der Waals surface area (Å²) in [7, 11) is 0. The van der Waals surface area contributed by atoms with Gasteiger partial charge in [-0.15, -0.1) is 0 Å². The van der Waals surface area contributed by atoms with Gasteiger partial charge in [0.05, 0.1) is 11.5 Å². The zero-order chi connectivity index (χ0) is 14.3. The molecule has 19 heavy (non-hydrogen) atoms. The normalized spacial score (nSPS) is 11.9. The van der Waals surface area contributed by atoms with Crippen LogP contribution in [0.25, 0.3) is 0 Å². The van der Waals surface area contributed by atoms with Crippen LogP contribution in [0.1, 0.15) is 35.7 Å². The Labute approximate surface area is 112 Å². The van der Waals surface area contributed by atoms with E-state index in [4.69, 9.17) is 10.8 Å². The van der Waals surface area contributed by atoms with Gasteiger partial charge in [0, 0.05) is 13.1 Å². The Morgan fingerprint density at radius 1 is 1.42 bits per heavy atom. The average molecular weight is 264 g/mol. The maximum Gasteiger partial charge on any atom is 0.335 e. The van der Waals surface area contributed by atoms with E-state index in [1.807, 2.05) is 6.92 Å². The number of hydrogen-bond acceptors (Lipinski definition) is 3. The Balaban J connectivity index is 2.58. The smallest absolute Gasteiger partial charge is 0.335 e. The van der Waals surface area contributed by atoms with Gasteiger partial charge in [-0.2, -0.15) is 0 Å². The predicted octanol–water partition coefficient (Wildman–Crippen LogP) is 1.38. The van der Waals surface area contributed by atoms with Crippen LogP contribution in [-0.4, -0.2) is 23.5 Å². The fourth-order valence-corrected chi connectivity index (χ4v) is 1.85. The summed E-state index contributed by atoms with van der Waals surface area (Å²) in [5, 5.41) is 11.7. The lowest BCUT2D eigenvalue weighted by Gasteiger charge is -2.14. The third kappa shape index (κ3) is 4.71. The summed E-state index contributed by atoms with van der Waals surface area (Å²) in [5.41, 5.74) is 6.54. The van der Waals surface area contributed by atoms with Gasteiger partial charge in [0.2, 0.25) is 5.91 Å². The molecule has 0 radical (unpaired) electrons. The molecule has 0 aromatic heterocycles. The summed E-state index contributed by atoms with van der Waals surface area (Å²) in [6.45, 7) is 2.65. The molecule has 1 unspecified atom stereocenters. The van der Waals surface area contributed by atoms with Crippen molar-refractivity contribution >= 4 is 11.9 Å². The van der Waals surface area contributed by atoms with Crippen LogP contribution in [-0.2, 0) is 11.3 Å². The van der Waals surface area contributed by atoms with Crippen LogP contribution in [0, 0.1) is 5.92 Å². The van der Waals surface area contributed by atoms with Gasteiger partial charge in [-0.05, 0) is 24.1 Å². The van der Waals surface area contributed by atoms with Gasteiger partial charge < -0.3 is 16.2 Å². The number of carboxylic acid groups (broad SMARTS) is 1. The van der Waals surface area contributed by atoms with E-state index in [2.05, 4.69) is 5.32 Å². The van der Waals surface area contributed by atoms with Crippen LogP contribution in [0.3, 0.4) is 0 Å². The van der Waals surface area contributed by atoms with Crippen molar-refractivity contribution in [3.63, 3.8) is 0 Å². The summed E-state index contributed by atoms with van der Waals surface area (Å²) in [6, 6.07) is 6.52. The fraction of sp³-hybridized carbons (Fsp3) is 0.429. The molecule has 1 aromatic carbocycles. The number of benzene rings is 1. The minimum Gasteiger partial charge on any atom is -0.478 e. The average Bonchev–Trinajstić information content (AvgIpc) is 2.42. The van der Waals surface area contributed by atoms with Crippen molar-refractivity contribution in [2.45, 2.75) is 26.3 Å². The molecule has 0 bridgehead atoms.